The summed E-state index contributed by atoms with van der Waals surface area (Å²) in [6, 6.07) is 0. The number of rotatable bonds is 3. The minimum atomic E-state index is -1.40. The summed E-state index contributed by atoms with van der Waals surface area (Å²) in [4.78, 5) is 24.2. The summed E-state index contributed by atoms with van der Waals surface area (Å²) in [5.74, 6) is 0.126. The van der Waals surface area contributed by atoms with Crippen molar-refractivity contribution in [3.05, 3.63) is 11.6 Å². The number of fused-ring (bicyclic) bond motifs is 5. The molecule has 31 heavy (non-hydrogen) atoms. The van der Waals surface area contributed by atoms with Crippen LogP contribution in [-0.2, 0) is 23.8 Å². The highest BCUT2D eigenvalue weighted by molar-refractivity contribution is 5.90. The highest BCUT2D eigenvalue weighted by atomic mass is 16.7. The molecular formula is C25H36O6. The van der Waals surface area contributed by atoms with Crippen molar-refractivity contribution < 1.29 is 28.9 Å². The Labute approximate surface area is 184 Å². The van der Waals surface area contributed by atoms with E-state index in [-0.39, 0.29) is 17.8 Å². The van der Waals surface area contributed by atoms with Crippen LogP contribution in [-0.4, -0.2) is 48.1 Å². The highest BCUT2D eigenvalue weighted by Gasteiger charge is 2.66. The number of Topliss-reactive ketones (excluding diaryl/α,β-unsaturated/α-hetero) is 1. The molecule has 1 N–H and O–H groups in total. The summed E-state index contributed by atoms with van der Waals surface area (Å²) in [7, 11) is 0. The third kappa shape index (κ3) is 3.01. The number of ether oxygens (including phenoxy) is 3. The van der Waals surface area contributed by atoms with E-state index in [9.17, 15) is 14.7 Å². The first-order valence-corrected chi connectivity index (χ1v) is 12.0. The van der Waals surface area contributed by atoms with Crippen LogP contribution >= 0.6 is 0 Å². The lowest BCUT2D eigenvalue weighted by Crippen LogP contribution is -2.58. The third-order valence-electron chi connectivity index (χ3n) is 9.94. The van der Waals surface area contributed by atoms with Gasteiger partial charge in [0, 0.05) is 25.2 Å². The van der Waals surface area contributed by atoms with Crippen molar-refractivity contribution in [2.75, 3.05) is 19.8 Å². The molecule has 0 aromatic rings. The molecule has 1 heterocycles. The molecule has 0 radical (unpaired) electrons. The number of aliphatic hydroxyl groups is 1. The van der Waals surface area contributed by atoms with E-state index < -0.39 is 22.8 Å². The molecule has 5 rings (SSSR count). The summed E-state index contributed by atoms with van der Waals surface area (Å²) in [6.45, 7) is 6.88. The number of esters is 1. The van der Waals surface area contributed by atoms with Crippen LogP contribution < -0.4 is 0 Å². The number of hydrogen-bond acceptors (Lipinski definition) is 6. The van der Waals surface area contributed by atoms with Crippen molar-refractivity contribution in [2.24, 2.45) is 28.6 Å². The smallest absolute Gasteiger partial charge is 0.303 e. The molecule has 6 heteroatoms. The van der Waals surface area contributed by atoms with E-state index in [1.807, 2.05) is 0 Å². The van der Waals surface area contributed by atoms with Gasteiger partial charge >= 0.3 is 5.97 Å². The zero-order chi connectivity index (χ0) is 22.1. The molecule has 0 aromatic heterocycles. The van der Waals surface area contributed by atoms with Gasteiger partial charge in [0.2, 0.25) is 5.78 Å². The first-order chi connectivity index (χ1) is 14.6. The minimum Gasteiger partial charge on any atom is -0.458 e. The number of ketones is 1. The fourth-order valence-electron chi connectivity index (χ4n) is 8.11. The van der Waals surface area contributed by atoms with Gasteiger partial charge in [-0.15, -0.1) is 0 Å². The molecule has 0 bridgehead atoms. The predicted octanol–water partition coefficient (Wildman–Crippen LogP) is 3.56. The monoisotopic (exact) mass is 432 g/mol. The van der Waals surface area contributed by atoms with Crippen LogP contribution in [0.2, 0.25) is 0 Å². The molecule has 1 saturated heterocycles. The number of carbonyl (C=O) groups excluding carboxylic acids is 2. The average molecular weight is 433 g/mol. The van der Waals surface area contributed by atoms with E-state index in [0.29, 0.717) is 37.4 Å². The van der Waals surface area contributed by atoms with Crippen molar-refractivity contribution in [1.29, 1.82) is 0 Å². The molecular weight excluding hydrogens is 396 g/mol. The topological polar surface area (TPSA) is 82.1 Å². The van der Waals surface area contributed by atoms with Gasteiger partial charge in [-0.2, -0.15) is 0 Å². The quantitative estimate of drug-likeness (QED) is 0.542. The number of carbonyl (C=O) groups is 2. The normalized spacial score (nSPS) is 45.4. The fourth-order valence-corrected chi connectivity index (χ4v) is 8.11. The Balaban J connectivity index is 1.39. The lowest BCUT2D eigenvalue weighted by atomic mass is 9.46. The SMILES string of the molecule is CC(=O)OCC(=O)[C@@]1(O)CCC2C3CC=C4CC5(CCC4(C)C3CCC21C)OCCO5. The molecule has 1 aliphatic heterocycles. The van der Waals surface area contributed by atoms with Crippen LogP contribution in [0.25, 0.3) is 0 Å². The Hall–Kier alpha value is -1.24. The molecule has 3 saturated carbocycles. The lowest BCUT2D eigenvalue weighted by Gasteiger charge is -2.59. The molecule has 0 aromatic carbocycles. The molecule has 172 valence electrons. The number of hydrogen-bond donors (Lipinski definition) is 1. The number of allylic oxidation sites excluding steroid dienone is 1. The highest BCUT2D eigenvalue weighted by Crippen LogP contribution is 2.68. The van der Waals surface area contributed by atoms with Crippen LogP contribution in [0.15, 0.2) is 11.6 Å². The van der Waals surface area contributed by atoms with Gasteiger partial charge in [-0.05, 0) is 61.7 Å². The predicted molar refractivity (Wildman–Crippen MR) is 113 cm³/mol. The first kappa shape index (κ1) is 21.6. The van der Waals surface area contributed by atoms with E-state index in [4.69, 9.17) is 14.2 Å². The Morgan fingerprint density at radius 1 is 1.10 bits per heavy atom. The van der Waals surface area contributed by atoms with E-state index in [2.05, 4.69) is 19.9 Å². The maximum Gasteiger partial charge on any atom is 0.303 e. The molecule has 6 atom stereocenters. The molecule has 5 aliphatic rings. The standard InChI is InChI=1S/C25H36O6/c1-16(26)29-15-21(27)25(28)9-7-20-18-5-4-17-14-24(30-12-13-31-24)11-10-22(17,2)19(18)6-8-23(20,25)3/h4,18-20,28H,5-15H2,1-3H3/t18?,19?,20?,22?,23?,25-/m0/s1. The van der Waals surface area contributed by atoms with Gasteiger partial charge in [-0.25, -0.2) is 0 Å². The Bertz CT molecular complexity index is 813. The van der Waals surface area contributed by atoms with Crippen LogP contribution in [0, 0.1) is 28.6 Å². The average Bonchev–Trinajstić information content (AvgIpc) is 3.30. The minimum absolute atomic E-state index is 0.146. The summed E-state index contributed by atoms with van der Waals surface area (Å²) in [5, 5.41) is 11.6. The zero-order valence-electron chi connectivity index (χ0n) is 19.1. The molecule has 0 amide bonds. The van der Waals surface area contributed by atoms with Crippen molar-refractivity contribution >= 4 is 11.8 Å². The van der Waals surface area contributed by atoms with Gasteiger partial charge in [-0.1, -0.05) is 25.5 Å². The fraction of sp³-hybridized carbons (Fsp3) is 0.840. The summed E-state index contributed by atoms with van der Waals surface area (Å²) in [5.41, 5.74) is -0.219. The van der Waals surface area contributed by atoms with Gasteiger partial charge in [0.15, 0.2) is 12.4 Å². The van der Waals surface area contributed by atoms with Gasteiger partial charge in [-0.3, -0.25) is 9.59 Å². The Morgan fingerprint density at radius 3 is 2.52 bits per heavy atom. The van der Waals surface area contributed by atoms with Gasteiger partial charge in [0.25, 0.3) is 0 Å². The van der Waals surface area contributed by atoms with Gasteiger partial charge < -0.3 is 19.3 Å². The third-order valence-corrected chi connectivity index (χ3v) is 9.94. The molecule has 4 aliphatic carbocycles. The second kappa shape index (κ2) is 7.13. The molecule has 4 fully saturated rings. The lowest BCUT2D eigenvalue weighted by molar-refractivity contribution is -0.189. The van der Waals surface area contributed by atoms with E-state index in [1.54, 1.807) is 0 Å². The van der Waals surface area contributed by atoms with Crippen molar-refractivity contribution in [3.63, 3.8) is 0 Å². The van der Waals surface area contributed by atoms with Crippen LogP contribution in [0.3, 0.4) is 0 Å². The Morgan fingerprint density at radius 2 is 1.81 bits per heavy atom. The van der Waals surface area contributed by atoms with Gasteiger partial charge in [0.05, 0.1) is 13.2 Å². The van der Waals surface area contributed by atoms with Crippen molar-refractivity contribution in [1.82, 2.24) is 0 Å². The largest absolute Gasteiger partial charge is 0.458 e. The Kier molecular flexibility index (Phi) is 4.97. The summed E-state index contributed by atoms with van der Waals surface area (Å²) < 4.78 is 17.0. The zero-order valence-corrected chi connectivity index (χ0v) is 19.1. The summed E-state index contributed by atoms with van der Waals surface area (Å²) in [6.07, 6.45) is 9.49. The maximum absolute atomic E-state index is 13.0. The van der Waals surface area contributed by atoms with Crippen LogP contribution in [0.5, 0.6) is 0 Å². The van der Waals surface area contributed by atoms with Crippen LogP contribution in [0.1, 0.15) is 72.1 Å². The van der Waals surface area contributed by atoms with E-state index in [0.717, 1.165) is 44.9 Å². The molecule has 5 unspecified atom stereocenters. The molecule has 1 spiro atoms. The molecule has 6 nitrogen and oxygen atoms in total. The van der Waals surface area contributed by atoms with Gasteiger partial charge in [0.1, 0.15) is 5.60 Å². The second-order valence-electron chi connectivity index (χ2n) is 11.1. The maximum atomic E-state index is 13.0. The second-order valence-corrected chi connectivity index (χ2v) is 11.1. The van der Waals surface area contributed by atoms with Crippen molar-refractivity contribution in [2.45, 2.75) is 83.5 Å². The van der Waals surface area contributed by atoms with Crippen molar-refractivity contribution in [3.8, 4) is 0 Å². The van der Waals surface area contributed by atoms with Crippen LogP contribution in [0.4, 0.5) is 0 Å². The van der Waals surface area contributed by atoms with E-state index >= 15 is 0 Å². The summed E-state index contributed by atoms with van der Waals surface area (Å²) >= 11 is 0. The first-order valence-electron chi connectivity index (χ1n) is 12.0. The van der Waals surface area contributed by atoms with E-state index in [1.165, 1.54) is 12.5 Å².